The number of H-pyrrole nitrogens is 1. The number of halogens is 2. The molecule has 1 saturated heterocycles. The number of likely N-dealkylation sites (tertiary alicyclic amines) is 1. The molecule has 1 atom stereocenters. The van der Waals surface area contributed by atoms with Crippen molar-refractivity contribution in [2.75, 3.05) is 37.6 Å². The average molecular weight is 548 g/mol. The number of urea groups is 1. The number of nitrogens with zero attached hydrogens (tertiary/aromatic N) is 5. The Morgan fingerprint density at radius 3 is 2.46 bits per heavy atom. The molecule has 1 saturated carbocycles. The highest BCUT2D eigenvalue weighted by Gasteiger charge is 2.43. The Morgan fingerprint density at radius 1 is 1.03 bits per heavy atom. The zero-order valence-corrected chi connectivity index (χ0v) is 23.4. The first-order chi connectivity index (χ1) is 17.2. The van der Waals surface area contributed by atoms with E-state index in [1.165, 1.54) is 50.5 Å². The number of imidazole rings is 1. The second-order valence-corrected chi connectivity index (χ2v) is 10.9. The molecule has 202 valence electrons. The fourth-order valence-electron chi connectivity index (χ4n) is 6.45. The van der Waals surface area contributed by atoms with Crippen LogP contribution in [0.2, 0.25) is 0 Å². The van der Waals surface area contributed by atoms with Gasteiger partial charge >= 0.3 is 6.03 Å². The number of rotatable bonds is 7. The summed E-state index contributed by atoms with van der Waals surface area (Å²) in [6, 6.07) is 11.1. The second kappa shape index (κ2) is 12.2. The molecule has 1 aromatic carbocycles. The van der Waals surface area contributed by atoms with Gasteiger partial charge in [0.2, 0.25) is 0 Å². The maximum Gasteiger partial charge on any atom is 0.331 e. The molecule has 0 bridgehead atoms. The van der Waals surface area contributed by atoms with Crippen LogP contribution in [0.25, 0.3) is 0 Å². The lowest BCUT2D eigenvalue weighted by molar-refractivity contribution is 0.173. The molecule has 1 aromatic heterocycles. The van der Waals surface area contributed by atoms with E-state index in [0.29, 0.717) is 19.0 Å². The van der Waals surface area contributed by atoms with Gasteiger partial charge in [0.1, 0.15) is 11.5 Å². The summed E-state index contributed by atoms with van der Waals surface area (Å²) in [5.41, 5.74) is 2.41. The van der Waals surface area contributed by atoms with Crippen LogP contribution >= 0.6 is 24.8 Å². The number of nitrogens with one attached hydrogen (secondary N) is 1. The number of carbonyl (C=O) groups is 1. The van der Waals surface area contributed by atoms with Crippen LogP contribution in [0, 0.1) is 5.92 Å². The van der Waals surface area contributed by atoms with Gasteiger partial charge in [-0.05, 0) is 63.1 Å². The van der Waals surface area contributed by atoms with Crippen LogP contribution < -0.4 is 4.90 Å². The summed E-state index contributed by atoms with van der Waals surface area (Å²) >= 11 is 0. The van der Waals surface area contributed by atoms with Crippen LogP contribution in [-0.2, 0) is 6.42 Å². The van der Waals surface area contributed by atoms with Gasteiger partial charge in [0.25, 0.3) is 0 Å². The molecule has 2 fully saturated rings. The van der Waals surface area contributed by atoms with Crippen molar-refractivity contribution >= 4 is 42.5 Å². The zero-order chi connectivity index (χ0) is 23.8. The molecule has 0 spiro atoms. The molecule has 9 heteroatoms. The van der Waals surface area contributed by atoms with E-state index in [1.54, 1.807) is 0 Å². The number of benzene rings is 1. The number of fused-ring (bicyclic) bond motifs is 3. The van der Waals surface area contributed by atoms with Crippen molar-refractivity contribution in [1.82, 2.24) is 19.8 Å². The summed E-state index contributed by atoms with van der Waals surface area (Å²) < 4.78 is 0. The predicted octanol–water partition coefficient (Wildman–Crippen LogP) is 5.65. The minimum Gasteiger partial charge on any atom is -0.337 e. The van der Waals surface area contributed by atoms with Gasteiger partial charge in [0.15, 0.2) is 11.7 Å². The first-order valence-corrected chi connectivity index (χ1v) is 13.7. The molecule has 3 aliphatic heterocycles. The van der Waals surface area contributed by atoms with E-state index in [2.05, 4.69) is 47.1 Å². The number of aromatic amines is 1. The summed E-state index contributed by atoms with van der Waals surface area (Å²) in [5.74, 6) is 3.92. The quantitative estimate of drug-likeness (QED) is 0.488. The normalized spacial score (nSPS) is 22.4. The number of aromatic nitrogens is 2. The fraction of sp³-hybridized carbons (Fsp3) is 0.607. The number of piperidine rings is 1. The molecule has 7 nitrogen and oxygen atoms in total. The van der Waals surface area contributed by atoms with Gasteiger partial charge in [-0.25, -0.2) is 9.78 Å². The maximum absolute atomic E-state index is 13.4. The van der Waals surface area contributed by atoms with Crippen LogP contribution in [0.4, 0.5) is 10.6 Å². The highest BCUT2D eigenvalue weighted by Crippen LogP contribution is 2.37. The lowest BCUT2D eigenvalue weighted by Gasteiger charge is -2.34. The van der Waals surface area contributed by atoms with Crippen molar-refractivity contribution in [3.05, 3.63) is 47.4 Å². The molecule has 2 aromatic rings. The number of hydrogen-bond donors (Lipinski definition) is 1. The van der Waals surface area contributed by atoms with Crippen LogP contribution in [0.5, 0.6) is 0 Å². The number of anilines is 1. The van der Waals surface area contributed by atoms with Crippen molar-refractivity contribution in [1.29, 1.82) is 0 Å². The van der Waals surface area contributed by atoms with Crippen molar-refractivity contribution in [2.24, 2.45) is 10.9 Å². The highest BCUT2D eigenvalue weighted by atomic mass is 35.5. The summed E-state index contributed by atoms with van der Waals surface area (Å²) in [6.45, 7) is 6.67. The summed E-state index contributed by atoms with van der Waals surface area (Å²) in [4.78, 5) is 33.5. The number of carbonyl (C=O) groups excluding carboxylic acids is 1. The number of aliphatic imine (C=N–C) groups is 1. The van der Waals surface area contributed by atoms with Crippen LogP contribution in [0.1, 0.15) is 74.9 Å². The molecule has 6 rings (SSSR count). The summed E-state index contributed by atoms with van der Waals surface area (Å²) in [7, 11) is 0. The standard InChI is InChI=1S/C28H38N6O.2ClH/c1-2-14-33-27-24(30-25(31-27)22-10-6-7-11-22)26-29-23(19-34(26)28(33)35)18-32-15-12-21(13-16-32)17-20-8-4-3-5-9-20;;/h3-5,8-9,21-23H,2,6-7,10-19H2,1H3,(H,30,31);2*1H. The van der Waals surface area contributed by atoms with Crippen molar-refractivity contribution in [3.63, 3.8) is 0 Å². The van der Waals surface area contributed by atoms with Gasteiger partial charge in [0, 0.05) is 19.0 Å². The van der Waals surface area contributed by atoms with Gasteiger partial charge in [-0.2, -0.15) is 0 Å². The third-order valence-corrected chi connectivity index (χ3v) is 8.33. The van der Waals surface area contributed by atoms with E-state index >= 15 is 0 Å². The largest absolute Gasteiger partial charge is 0.337 e. The van der Waals surface area contributed by atoms with E-state index < -0.39 is 0 Å². The van der Waals surface area contributed by atoms with Crippen molar-refractivity contribution in [2.45, 2.75) is 70.3 Å². The SMILES string of the molecule is CCCN1C(=O)N2CC(CN3CCC(Cc4ccccc4)CC3)N=C2c2[nH]c(C3CCCC3)nc21.Cl.Cl. The Morgan fingerprint density at radius 2 is 1.76 bits per heavy atom. The number of amidine groups is 1. The van der Waals surface area contributed by atoms with Crippen molar-refractivity contribution in [3.8, 4) is 0 Å². The Labute approximate surface area is 232 Å². The lowest BCUT2D eigenvalue weighted by atomic mass is 9.90. The Bertz CT molecular complexity index is 1080. The third kappa shape index (κ3) is 5.69. The van der Waals surface area contributed by atoms with E-state index in [0.717, 1.165) is 55.1 Å². The van der Waals surface area contributed by atoms with E-state index in [-0.39, 0.29) is 36.9 Å². The van der Waals surface area contributed by atoms with Crippen LogP contribution in [-0.4, -0.2) is 70.4 Å². The number of amides is 2. The smallest absolute Gasteiger partial charge is 0.331 e. The van der Waals surface area contributed by atoms with E-state index in [1.807, 2.05) is 9.80 Å². The lowest BCUT2D eigenvalue weighted by Crippen LogP contribution is -2.51. The van der Waals surface area contributed by atoms with Crippen molar-refractivity contribution < 1.29 is 4.79 Å². The third-order valence-electron chi connectivity index (χ3n) is 8.33. The summed E-state index contributed by atoms with van der Waals surface area (Å²) in [6.07, 6.45) is 9.48. The monoisotopic (exact) mass is 546 g/mol. The van der Waals surface area contributed by atoms with E-state index in [4.69, 9.17) is 9.98 Å². The van der Waals surface area contributed by atoms with Gasteiger partial charge in [-0.1, -0.05) is 50.1 Å². The van der Waals surface area contributed by atoms with Gasteiger partial charge in [-0.15, -0.1) is 24.8 Å². The Hall–Kier alpha value is -2.09. The zero-order valence-electron chi connectivity index (χ0n) is 21.8. The Kier molecular flexibility index (Phi) is 9.20. The molecule has 1 unspecified atom stereocenters. The minimum atomic E-state index is 0. The van der Waals surface area contributed by atoms with Gasteiger partial charge in [0.05, 0.1) is 12.6 Å². The molecule has 0 radical (unpaired) electrons. The molecule has 4 heterocycles. The van der Waals surface area contributed by atoms with Crippen LogP contribution in [0.15, 0.2) is 35.3 Å². The number of hydrogen-bond acceptors (Lipinski definition) is 4. The Balaban J connectivity index is 0.00000160. The van der Waals surface area contributed by atoms with Crippen LogP contribution in [0.3, 0.4) is 0 Å². The second-order valence-electron chi connectivity index (χ2n) is 10.9. The molecule has 2 amide bonds. The molecule has 4 aliphatic rings. The average Bonchev–Trinajstić information content (AvgIpc) is 3.63. The van der Waals surface area contributed by atoms with Gasteiger partial charge < -0.3 is 9.88 Å². The first kappa shape index (κ1) is 27.9. The van der Waals surface area contributed by atoms with E-state index in [9.17, 15) is 4.79 Å². The minimum absolute atomic E-state index is 0. The molecular formula is C28H40Cl2N6O. The highest BCUT2D eigenvalue weighted by molar-refractivity contribution is 6.18. The maximum atomic E-state index is 13.4. The fourth-order valence-corrected chi connectivity index (χ4v) is 6.45. The first-order valence-electron chi connectivity index (χ1n) is 13.7. The summed E-state index contributed by atoms with van der Waals surface area (Å²) in [5, 5.41) is 0. The molecular weight excluding hydrogens is 507 g/mol. The molecule has 1 aliphatic carbocycles. The molecule has 37 heavy (non-hydrogen) atoms. The molecule has 1 N–H and O–H groups in total. The topological polar surface area (TPSA) is 67.8 Å². The predicted molar refractivity (Wildman–Crippen MR) is 154 cm³/mol. The van der Waals surface area contributed by atoms with Gasteiger partial charge in [-0.3, -0.25) is 14.8 Å².